The Bertz CT molecular complexity index is 811. The molecule has 2 aromatic heterocycles. The molecule has 0 spiro atoms. The van der Waals surface area contributed by atoms with Crippen molar-refractivity contribution >= 4 is 47.2 Å². The van der Waals surface area contributed by atoms with Gasteiger partial charge in [-0.1, -0.05) is 13.0 Å². The number of nitrogens with zero attached hydrogens (tertiary/aromatic N) is 5. The van der Waals surface area contributed by atoms with E-state index in [-0.39, 0.29) is 35.9 Å². The molecule has 1 aliphatic rings. The molecule has 3 rings (SSSR count). The molecule has 31 heavy (non-hydrogen) atoms. The molecule has 8 nitrogen and oxygen atoms in total. The van der Waals surface area contributed by atoms with Gasteiger partial charge in [-0.3, -0.25) is 9.79 Å². The van der Waals surface area contributed by atoms with Gasteiger partial charge in [0, 0.05) is 50.4 Å². The van der Waals surface area contributed by atoms with E-state index < -0.39 is 0 Å². The van der Waals surface area contributed by atoms with E-state index in [1.807, 2.05) is 6.92 Å². The summed E-state index contributed by atoms with van der Waals surface area (Å²) in [5, 5.41) is 13.7. The van der Waals surface area contributed by atoms with Gasteiger partial charge in [-0.05, 0) is 31.2 Å². The summed E-state index contributed by atoms with van der Waals surface area (Å²) >= 11 is 1.76. The van der Waals surface area contributed by atoms with Crippen molar-refractivity contribution < 1.29 is 9.53 Å². The molecule has 0 amide bonds. The van der Waals surface area contributed by atoms with Crippen molar-refractivity contribution in [2.24, 2.45) is 10.9 Å². The summed E-state index contributed by atoms with van der Waals surface area (Å²) < 4.78 is 7.32. The lowest BCUT2D eigenvalue weighted by atomic mass is 9.98. The third-order valence-electron chi connectivity index (χ3n) is 5.19. The van der Waals surface area contributed by atoms with Gasteiger partial charge in [0.2, 0.25) is 0 Å². The first-order valence-corrected chi connectivity index (χ1v) is 11.7. The van der Waals surface area contributed by atoms with E-state index in [1.54, 1.807) is 17.7 Å². The number of guanidine groups is 1. The van der Waals surface area contributed by atoms with Crippen molar-refractivity contribution in [3.63, 3.8) is 0 Å². The average molecular weight is 561 g/mol. The van der Waals surface area contributed by atoms with Crippen LogP contribution in [0.2, 0.25) is 0 Å². The van der Waals surface area contributed by atoms with Crippen LogP contribution < -0.4 is 5.32 Å². The lowest BCUT2D eigenvalue weighted by molar-refractivity contribution is -0.149. The van der Waals surface area contributed by atoms with Gasteiger partial charge in [-0.2, -0.15) is 0 Å². The number of aliphatic imine (C=N–C) groups is 1. The third kappa shape index (κ3) is 7.74. The van der Waals surface area contributed by atoms with Gasteiger partial charge >= 0.3 is 5.97 Å². The van der Waals surface area contributed by atoms with Gasteiger partial charge in [-0.25, -0.2) is 0 Å². The standard InChI is InChI=1S/C21H32N6O2S.HI/c1-3-19-25-24-16-27(19)13-11-23-21(22-10-9-18-8-6-14-30-18)26-12-5-7-17(15-26)20(28)29-4-2;/h6,8,14,16-17H,3-5,7,9-13,15H2,1-2H3,(H,22,23);1H. The highest BCUT2D eigenvalue weighted by atomic mass is 127. The van der Waals surface area contributed by atoms with Crippen molar-refractivity contribution in [2.45, 2.75) is 46.1 Å². The number of hydrogen-bond acceptors (Lipinski definition) is 6. The summed E-state index contributed by atoms with van der Waals surface area (Å²) in [6, 6.07) is 4.21. The normalized spacial score (nSPS) is 16.6. The number of rotatable bonds is 9. The van der Waals surface area contributed by atoms with Crippen molar-refractivity contribution in [3.05, 3.63) is 34.5 Å². The molecule has 1 fully saturated rings. The van der Waals surface area contributed by atoms with Gasteiger partial charge in [-0.15, -0.1) is 45.5 Å². The molecular formula is C21H33IN6O2S. The van der Waals surface area contributed by atoms with Crippen molar-refractivity contribution in [1.82, 2.24) is 25.0 Å². The molecule has 3 heterocycles. The SMILES string of the molecule is CCOC(=O)C1CCCN(C(=NCCc2cccs2)NCCn2cnnc2CC)C1.I. The summed E-state index contributed by atoms with van der Waals surface area (Å²) in [5.74, 6) is 1.66. The molecule has 0 bridgehead atoms. The Morgan fingerprint density at radius 2 is 2.29 bits per heavy atom. The van der Waals surface area contributed by atoms with Crippen LogP contribution in [0.5, 0.6) is 0 Å². The number of piperidine rings is 1. The summed E-state index contributed by atoms with van der Waals surface area (Å²) in [4.78, 5) is 20.7. The fourth-order valence-corrected chi connectivity index (χ4v) is 4.34. The summed E-state index contributed by atoms with van der Waals surface area (Å²) in [6.07, 6.45) is 5.38. The van der Waals surface area contributed by atoms with E-state index >= 15 is 0 Å². The van der Waals surface area contributed by atoms with Gasteiger partial charge in [0.15, 0.2) is 5.96 Å². The first-order valence-electron chi connectivity index (χ1n) is 10.8. The Labute approximate surface area is 205 Å². The third-order valence-corrected chi connectivity index (χ3v) is 6.12. The zero-order chi connectivity index (χ0) is 21.2. The van der Waals surface area contributed by atoms with Crippen LogP contribution in [0.25, 0.3) is 0 Å². The quantitative estimate of drug-likeness (QED) is 0.220. The van der Waals surface area contributed by atoms with Crippen LogP contribution in [-0.4, -0.2) is 64.4 Å². The molecule has 0 saturated carbocycles. The molecule has 0 aromatic carbocycles. The Morgan fingerprint density at radius 1 is 1.42 bits per heavy atom. The van der Waals surface area contributed by atoms with E-state index in [2.05, 4.69) is 49.4 Å². The smallest absolute Gasteiger partial charge is 0.310 e. The fraction of sp³-hybridized carbons (Fsp3) is 0.619. The summed E-state index contributed by atoms with van der Waals surface area (Å²) in [5.41, 5.74) is 0. The van der Waals surface area contributed by atoms with E-state index in [1.165, 1.54) is 4.88 Å². The maximum Gasteiger partial charge on any atom is 0.310 e. The summed E-state index contributed by atoms with van der Waals surface area (Å²) in [7, 11) is 0. The zero-order valence-electron chi connectivity index (χ0n) is 18.3. The summed E-state index contributed by atoms with van der Waals surface area (Å²) in [6.45, 7) is 8.12. The number of likely N-dealkylation sites (tertiary alicyclic amines) is 1. The number of nitrogens with one attached hydrogen (secondary N) is 1. The molecule has 0 aliphatic carbocycles. The van der Waals surface area contributed by atoms with E-state index in [4.69, 9.17) is 9.73 Å². The molecule has 1 unspecified atom stereocenters. The molecule has 1 N–H and O–H groups in total. The second-order valence-corrected chi connectivity index (χ2v) is 8.33. The molecule has 10 heteroatoms. The van der Waals surface area contributed by atoms with Crippen molar-refractivity contribution in [3.8, 4) is 0 Å². The van der Waals surface area contributed by atoms with Crippen LogP contribution in [0.15, 0.2) is 28.8 Å². The van der Waals surface area contributed by atoms with Gasteiger partial charge in [0.1, 0.15) is 12.2 Å². The Hall–Kier alpha value is -1.69. The van der Waals surface area contributed by atoms with Crippen LogP contribution in [-0.2, 0) is 28.9 Å². The maximum absolute atomic E-state index is 12.3. The Kier molecular flexibility index (Phi) is 11.3. The second kappa shape index (κ2) is 13.7. The monoisotopic (exact) mass is 560 g/mol. The lowest BCUT2D eigenvalue weighted by Gasteiger charge is -2.34. The predicted molar refractivity (Wildman–Crippen MR) is 134 cm³/mol. The number of carbonyl (C=O) groups is 1. The number of thiophene rings is 1. The average Bonchev–Trinajstić information content (AvgIpc) is 3.44. The number of ether oxygens (including phenoxy) is 1. The first kappa shape index (κ1) is 25.6. The molecule has 172 valence electrons. The van der Waals surface area contributed by atoms with E-state index in [0.29, 0.717) is 13.2 Å². The molecular weight excluding hydrogens is 527 g/mol. The minimum atomic E-state index is -0.0998. The topological polar surface area (TPSA) is 84.6 Å². The predicted octanol–water partition coefficient (Wildman–Crippen LogP) is 2.98. The molecule has 2 aromatic rings. The van der Waals surface area contributed by atoms with Crippen LogP contribution >= 0.6 is 35.3 Å². The van der Waals surface area contributed by atoms with E-state index in [0.717, 1.165) is 63.6 Å². The van der Waals surface area contributed by atoms with Crippen molar-refractivity contribution in [2.75, 3.05) is 32.8 Å². The molecule has 0 radical (unpaired) electrons. The number of carbonyl (C=O) groups excluding carboxylic acids is 1. The van der Waals surface area contributed by atoms with Crippen LogP contribution in [0.4, 0.5) is 0 Å². The lowest BCUT2D eigenvalue weighted by Crippen LogP contribution is -2.49. The Balaban J connectivity index is 0.00000341. The fourth-order valence-electron chi connectivity index (χ4n) is 3.64. The van der Waals surface area contributed by atoms with Gasteiger partial charge in [0.05, 0.1) is 12.5 Å². The molecule has 1 saturated heterocycles. The second-order valence-electron chi connectivity index (χ2n) is 7.29. The van der Waals surface area contributed by atoms with Crippen LogP contribution in [0.1, 0.15) is 37.4 Å². The largest absolute Gasteiger partial charge is 0.466 e. The first-order chi connectivity index (χ1) is 14.7. The molecule has 1 aliphatic heterocycles. The number of halogens is 1. The highest BCUT2D eigenvalue weighted by Crippen LogP contribution is 2.18. The molecule has 1 atom stereocenters. The van der Waals surface area contributed by atoms with Gasteiger partial charge in [0.25, 0.3) is 0 Å². The van der Waals surface area contributed by atoms with E-state index in [9.17, 15) is 4.79 Å². The number of esters is 1. The van der Waals surface area contributed by atoms with Gasteiger partial charge < -0.3 is 19.5 Å². The highest BCUT2D eigenvalue weighted by molar-refractivity contribution is 14.0. The zero-order valence-corrected chi connectivity index (χ0v) is 21.5. The Morgan fingerprint density at radius 3 is 3.03 bits per heavy atom. The minimum absolute atomic E-state index is 0. The minimum Gasteiger partial charge on any atom is -0.466 e. The van der Waals surface area contributed by atoms with Crippen molar-refractivity contribution in [1.29, 1.82) is 0 Å². The number of hydrogen-bond donors (Lipinski definition) is 1. The van der Waals surface area contributed by atoms with Crippen LogP contribution in [0.3, 0.4) is 0 Å². The maximum atomic E-state index is 12.3. The van der Waals surface area contributed by atoms with Crippen LogP contribution in [0, 0.1) is 5.92 Å². The number of aryl methyl sites for hydroxylation is 1. The highest BCUT2D eigenvalue weighted by Gasteiger charge is 2.28. The number of aromatic nitrogens is 3.